The average Bonchev–Trinajstić information content (AvgIpc) is 2.16. The number of carboxylic acids is 1. The molecular weight excluding hydrogens is 172 g/mol. The zero-order valence-electron chi connectivity index (χ0n) is 7.10. The van der Waals surface area contributed by atoms with Gasteiger partial charge in [0.2, 0.25) is 0 Å². The summed E-state index contributed by atoms with van der Waals surface area (Å²) in [5, 5.41) is 8.63. The molecule has 0 aliphatic heterocycles. The molecule has 1 atom stereocenters. The van der Waals surface area contributed by atoms with Crippen molar-refractivity contribution in [1.82, 2.24) is 4.98 Å². The molecule has 5 heteroatoms. The Morgan fingerprint density at radius 1 is 1.77 bits per heavy atom. The van der Waals surface area contributed by atoms with E-state index < -0.39 is 12.0 Å². The van der Waals surface area contributed by atoms with Crippen LogP contribution in [0.3, 0.4) is 0 Å². The Balaban J connectivity index is 3.05. The molecule has 0 amide bonds. The van der Waals surface area contributed by atoms with E-state index in [1.165, 1.54) is 13.3 Å². The molecule has 0 saturated carbocycles. The number of carbonyl (C=O) groups is 1. The third kappa shape index (κ3) is 1.94. The fourth-order valence-corrected chi connectivity index (χ4v) is 0.926. The fourth-order valence-electron chi connectivity index (χ4n) is 0.926. The number of rotatable bonds is 3. The van der Waals surface area contributed by atoms with Crippen molar-refractivity contribution in [3.05, 3.63) is 24.0 Å². The molecule has 13 heavy (non-hydrogen) atoms. The lowest BCUT2D eigenvalue weighted by molar-refractivity contribution is -0.138. The number of hydrogen-bond acceptors (Lipinski definition) is 4. The van der Waals surface area contributed by atoms with Crippen molar-refractivity contribution < 1.29 is 14.6 Å². The Bertz CT molecular complexity index is 314. The predicted molar refractivity (Wildman–Crippen MR) is 45.4 cm³/mol. The molecule has 3 N–H and O–H groups in total. The molecule has 0 aromatic carbocycles. The maximum absolute atomic E-state index is 10.5. The van der Waals surface area contributed by atoms with Crippen LogP contribution in [-0.2, 0) is 4.79 Å². The number of hydrogen-bond donors (Lipinski definition) is 2. The summed E-state index contributed by atoms with van der Waals surface area (Å²) in [5.41, 5.74) is 5.61. The van der Waals surface area contributed by atoms with Gasteiger partial charge in [-0.3, -0.25) is 9.78 Å². The highest BCUT2D eigenvalue weighted by atomic mass is 16.5. The normalized spacial score (nSPS) is 12.2. The Morgan fingerprint density at radius 3 is 3.00 bits per heavy atom. The topological polar surface area (TPSA) is 85.4 Å². The van der Waals surface area contributed by atoms with Crippen LogP contribution in [0.1, 0.15) is 11.7 Å². The van der Waals surface area contributed by atoms with Crippen LogP contribution in [-0.4, -0.2) is 23.2 Å². The lowest BCUT2D eigenvalue weighted by Gasteiger charge is -2.09. The number of aliphatic carboxylic acids is 1. The predicted octanol–water partition coefficient (Wildman–Crippen LogP) is 0.175. The van der Waals surface area contributed by atoms with Crippen molar-refractivity contribution in [3.63, 3.8) is 0 Å². The molecule has 1 aromatic heterocycles. The van der Waals surface area contributed by atoms with Crippen LogP contribution in [0.4, 0.5) is 0 Å². The minimum absolute atomic E-state index is 0.234. The highest BCUT2D eigenvalue weighted by Crippen LogP contribution is 2.20. The van der Waals surface area contributed by atoms with Crippen molar-refractivity contribution in [1.29, 1.82) is 0 Å². The fraction of sp³-hybridized carbons (Fsp3) is 0.250. The van der Waals surface area contributed by atoms with Gasteiger partial charge in [0.25, 0.3) is 0 Å². The third-order valence-corrected chi connectivity index (χ3v) is 1.58. The van der Waals surface area contributed by atoms with Gasteiger partial charge in [0.05, 0.1) is 7.11 Å². The van der Waals surface area contributed by atoms with Gasteiger partial charge in [0, 0.05) is 6.20 Å². The smallest absolute Gasteiger partial charge is 0.326 e. The number of methoxy groups -OCH3 is 1. The Hall–Kier alpha value is -1.62. The van der Waals surface area contributed by atoms with Crippen LogP contribution in [0.25, 0.3) is 0 Å². The number of nitrogens with zero attached hydrogens (tertiary/aromatic N) is 1. The van der Waals surface area contributed by atoms with Gasteiger partial charge >= 0.3 is 5.97 Å². The molecular formula is C8H10N2O3. The second kappa shape index (κ2) is 3.86. The van der Waals surface area contributed by atoms with E-state index in [0.29, 0.717) is 5.75 Å². The van der Waals surface area contributed by atoms with Gasteiger partial charge in [-0.15, -0.1) is 0 Å². The van der Waals surface area contributed by atoms with E-state index in [9.17, 15) is 4.79 Å². The molecule has 0 unspecified atom stereocenters. The van der Waals surface area contributed by atoms with Crippen molar-refractivity contribution in [2.75, 3.05) is 7.11 Å². The van der Waals surface area contributed by atoms with Gasteiger partial charge in [-0.2, -0.15) is 0 Å². The molecule has 0 fully saturated rings. The van der Waals surface area contributed by atoms with Crippen molar-refractivity contribution >= 4 is 5.97 Å². The van der Waals surface area contributed by atoms with Crippen LogP contribution < -0.4 is 10.5 Å². The second-order valence-electron chi connectivity index (χ2n) is 2.41. The van der Waals surface area contributed by atoms with Gasteiger partial charge in [-0.1, -0.05) is 0 Å². The van der Waals surface area contributed by atoms with E-state index in [1.54, 1.807) is 12.1 Å². The zero-order valence-corrected chi connectivity index (χ0v) is 7.10. The van der Waals surface area contributed by atoms with Crippen LogP contribution in [0, 0.1) is 0 Å². The van der Waals surface area contributed by atoms with Crippen LogP contribution in [0.2, 0.25) is 0 Å². The van der Waals surface area contributed by atoms with Crippen LogP contribution in [0.5, 0.6) is 5.75 Å². The number of nitrogens with two attached hydrogens (primary N) is 1. The first-order valence-electron chi connectivity index (χ1n) is 3.64. The minimum atomic E-state index is -1.14. The van der Waals surface area contributed by atoms with E-state index >= 15 is 0 Å². The lowest BCUT2D eigenvalue weighted by Crippen LogP contribution is -2.22. The van der Waals surface area contributed by atoms with E-state index in [4.69, 9.17) is 15.6 Å². The van der Waals surface area contributed by atoms with E-state index in [-0.39, 0.29) is 5.69 Å². The maximum Gasteiger partial charge on any atom is 0.326 e. The molecule has 0 aliphatic carbocycles. The van der Waals surface area contributed by atoms with E-state index in [1.807, 2.05) is 0 Å². The van der Waals surface area contributed by atoms with E-state index in [0.717, 1.165) is 0 Å². The highest BCUT2D eigenvalue weighted by molar-refractivity contribution is 5.75. The van der Waals surface area contributed by atoms with Crippen molar-refractivity contribution in [2.45, 2.75) is 6.04 Å². The summed E-state index contributed by atoms with van der Waals surface area (Å²) in [6.07, 6.45) is 1.47. The lowest BCUT2D eigenvalue weighted by atomic mass is 10.2. The molecule has 0 aliphatic rings. The van der Waals surface area contributed by atoms with Crippen molar-refractivity contribution in [2.24, 2.45) is 5.73 Å². The standard InChI is InChI=1S/C8H10N2O3/c1-13-5-3-2-4-10-7(5)6(9)8(11)12/h2-4,6H,9H2,1H3,(H,11,12)/t6-/m1/s1. The SMILES string of the molecule is COc1cccnc1[C@@H](N)C(=O)O. The first kappa shape index (κ1) is 9.47. The average molecular weight is 182 g/mol. The summed E-state index contributed by atoms with van der Waals surface area (Å²) in [5.74, 6) is -0.741. The molecule has 0 spiro atoms. The first-order valence-corrected chi connectivity index (χ1v) is 3.64. The molecule has 70 valence electrons. The molecule has 1 heterocycles. The monoisotopic (exact) mass is 182 g/mol. The van der Waals surface area contributed by atoms with Gasteiger partial charge < -0.3 is 15.6 Å². The number of carboxylic acid groups (broad SMARTS) is 1. The summed E-state index contributed by atoms with van der Waals surface area (Å²) in [7, 11) is 1.44. The maximum atomic E-state index is 10.5. The van der Waals surface area contributed by atoms with Gasteiger partial charge in [-0.05, 0) is 12.1 Å². The number of aromatic nitrogens is 1. The quantitative estimate of drug-likeness (QED) is 0.696. The van der Waals surface area contributed by atoms with Crippen molar-refractivity contribution in [3.8, 4) is 5.75 Å². The summed E-state index contributed by atoms with van der Waals surface area (Å²) in [6, 6.07) is 2.12. The van der Waals surface area contributed by atoms with E-state index in [2.05, 4.69) is 4.98 Å². The Labute approximate surface area is 75.2 Å². The Kier molecular flexibility index (Phi) is 2.81. The summed E-state index contributed by atoms with van der Waals surface area (Å²) in [6.45, 7) is 0. The van der Waals surface area contributed by atoms with Crippen LogP contribution in [0.15, 0.2) is 18.3 Å². The molecule has 1 aromatic rings. The summed E-state index contributed by atoms with van der Waals surface area (Å²) in [4.78, 5) is 14.4. The zero-order chi connectivity index (χ0) is 9.84. The summed E-state index contributed by atoms with van der Waals surface area (Å²) >= 11 is 0. The number of ether oxygens (including phenoxy) is 1. The summed E-state index contributed by atoms with van der Waals surface area (Å²) < 4.78 is 4.91. The van der Waals surface area contributed by atoms with Gasteiger partial charge in [0.1, 0.15) is 17.5 Å². The molecule has 0 saturated heterocycles. The first-order chi connectivity index (χ1) is 6.16. The van der Waals surface area contributed by atoms with Crippen LogP contribution >= 0.6 is 0 Å². The Morgan fingerprint density at radius 2 is 2.46 bits per heavy atom. The second-order valence-corrected chi connectivity index (χ2v) is 2.41. The minimum Gasteiger partial charge on any atom is -0.495 e. The molecule has 0 bridgehead atoms. The third-order valence-electron chi connectivity index (χ3n) is 1.58. The molecule has 5 nitrogen and oxygen atoms in total. The van der Waals surface area contributed by atoms with Gasteiger partial charge in [-0.25, -0.2) is 0 Å². The number of pyridine rings is 1. The highest BCUT2D eigenvalue weighted by Gasteiger charge is 2.19. The molecule has 0 radical (unpaired) electrons. The molecule has 1 rings (SSSR count). The van der Waals surface area contributed by atoms with Gasteiger partial charge in [0.15, 0.2) is 0 Å². The largest absolute Gasteiger partial charge is 0.495 e.